The topological polar surface area (TPSA) is 171 Å². The Morgan fingerprint density at radius 2 is 1.53 bits per heavy atom. The van der Waals surface area contributed by atoms with Gasteiger partial charge in [-0.1, -0.05) is 34.6 Å². The fraction of sp³-hybridized carbons (Fsp3) is 0.974. The van der Waals surface area contributed by atoms with Gasteiger partial charge in [0.25, 0.3) is 0 Å². The van der Waals surface area contributed by atoms with Crippen LogP contribution in [0.4, 0.5) is 0 Å². The first-order valence-corrected chi connectivity index (χ1v) is 19.0. The Hall–Kier alpha value is -0.970. The lowest BCUT2D eigenvalue weighted by molar-refractivity contribution is -0.312. The van der Waals surface area contributed by atoms with Crippen LogP contribution in [0.1, 0.15) is 102 Å². The van der Waals surface area contributed by atoms with Crippen LogP contribution >= 0.6 is 0 Å². The molecule has 51 heavy (non-hydrogen) atoms. The number of likely N-dealkylation sites (N-methyl/N-ethyl adjacent to an activating group) is 2. The van der Waals surface area contributed by atoms with Crippen LogP contribution in [-0.4, -0.2) is 154 Å². The van der Waals surface area contributed by atoms with E-state index in [0.717, 1.165) is 0 Å². The van der Waals surface area contributed by atoms with Crippen LogP contribution in [-0.2, 0) is 28.5 Å². The molecule has 3 heterocycles. The van der Waals surface area contributed by atoms with E-state index in [1.54, 1.807) is 27.7 Å². The summed E-state index contributed by atoms with van der Waals surface area (Å²) in [6, 6.07) is -0.781. The zero-order chi connectivity index (χ0) is 39.0. The lowest BCUT2D eigenvalue weighted by Crippen LogP contribution is -2.60. The predicted octanol–water partition coefficient (Wildman–Crippen LogP) is 2.52. The molecule has 3 rings (SSSR count). The van der Waals surface area contributed by atoms with Gasteiger partial charge >= 0.3 is 5.97 Å². The van der Waals surface area contributed by atoms with Gasteiger partial charge in [-0.25, -0.2) is 0 Å². The van der Waals surface area contributed by atoms with Gasteiger partial charge in [0.2, 0.25) is 0 Å². The number of cyclic esters (lactones) is 1. The van der Waals surface area contributed by atoms with E-state index < -0.39 is 95.8 Å². The standard InChI is InChI=1S/C38H72N2O11/c1-15-27-38(11,46)31(42)24(6)40(14)19-20(2)17-37(10,45)33(51-35-29(41)26(39(12)13)16-21(3)47-35)22(4)30(23(5)34(44)49-27)50-28-18-36(8,9)32(43)25(7)48-28/h20-33,35,41-43,45-46H,15-19H2,1-14H3/t20-,21-,22?,23-,24-,25+,26+,27-,28?,29-,30+,31-,32+,33-,35?,37-,38-/m1/s1. The molecule has 13 heteroatoms. The molecule has 0 radical (unpaired) electrons. The van der Waals surface area contributed by atoms with Gasteiger partial charge in [0.05, 0.1) is 42.0 Å². The van der Waals surface area contributed by atoms with Gasteiger partial charge in [0.15, 0.2) is 12.6 Å². The van der Waals surface area contributed by atoms with Crippen LogP contribution in [0.25, 0.3) is 0 Å². The molecule has 300 valence electrons. The van der Waals surface area contributed by atoms with E-state index in [2.05, 4.69) is 0 Å². The van der Waals surface area contributed by atoms with Crippen molar-refractivity contribution in [2.24, 2.45) is 23.2 Å². The number of hydrogen-bond acceptors (Lipinski definition) is 13. The second-order valence-electron chi connectivity index (χ2n) is 17.6. The Labute approximate surface area is 306 Å². The molecule has 0 saturated carbocycles. The van der Waals surface area contributed by atoms with Gasteiger partial charge in [-0.2, -0.15) is 0 Å². The van der Waals surface area contributed by atoms with Crippen molar-refractivity contribution < 1.29 is 54.0 Å². The van der Waals surface area contributed by atoms with Gasteiger partial charge in [0, 0.05) is 31.0 Å². The molecular formula is C38H72N2O11. The van der Waals surface area contributed by atoms with Crippen LogP contribution in [0, 0.1) is 23.2 Å². The number of aliphatic hydroxyl groups is 5. The number of esters is 1. The minimum absolute atomic E-state index is 0.125. The van der Waals surface area contributed by atoms with Gasteiger partial charge in [-0.15, -0.1) is 0 Å². The lowest BCUT2D eigenvalue weighted by atomic mass is 9.77. The third kappa shape index (κ3) is 10.2. The van der Waals surface area contributed by atoms with Gasteiger partial charge in [-0.05, 0) is 93.3 Å². The summed E-state index contributed by atoms with van der Waals surface area (Å²) >= 11 is 0. The Bertz CT molecular complexity index is 1120. The van der Waals surface area contributed by atoms with E-state index >= 15 is 0 Å². The maximum atomic E-state index is 14.2. The smallest absolute Gasteiger partial charge is 0.311 e. The van der Waals surface area contributed by atoms with Crippen molar-refractivity contribution in [2.75, 3.05) is 27.7 Å². The van der Waals surface area contributed by atoms with Crippen molar-refractivity contribution in [2.45, 2.75) is 187 Å². The minimum Gasteiger partial charge on any atom is -0.459 e. The summed E-state index contributed by atoms with van der Waals surface area (Å²) in [6.45, 7) is 20.3. The van der Waals surface area contributed by atoms with E-state index in [4.69, 9.17) is 23.7 Å². The maximum Gasteiger partial charge on any atom is 0.311 e. The lowest BCUT2D eigenvalue weighted by Gasteiger charge is -2.48. The van der Waals surface area contributed by atoms with E-state index in [1.807, 2.05) is 72.5 Å². The number of carbonyl (C=O) groups is 1. The molecule has 0 amide bonds. The van der Waals surface area contributed by atoms with Crippen LogP contribution < -0.4 is 0 Å². The van der Waals surface area contributed by atoms with Gasteiger partial charge in [-0.3, -0.25) is 4.79 Å². The molecule has 3 aliphatic rings. The molecule has 0 aliphatic carbocycles. The molecule has 17 atom stereocenters. The normalized spacial score (nSPS) is 48.5. The summed E-state index contributed by atoms with van der Waals surface area (Å²) in [5, 5.41) is 58.0. The molecule has 3 unspecified atom stereocenters. The zero-order valence-electron chi connectivity index (χ0n) is 33.8. The van der Waals surface area contributed by atoms with Crippen LogP contribution in [0.15, 0.2) is 0 Å². The molecule has 0 spiro atoms. The predicted molar refractivity (Wildman–Crippen MR) is 193 cm³/mol. The minimum atomic E-state index is -1.78. The highest BCUT2D eigenvalue weighted by Gasteiger charge is 2.52. The molecule has 3 saturated heterocycles. The second-order valence-corrected chi connectivity index (χ2v) is 17.6. The van der Waals surface area contributed by atoms with Crippen LogP contribution in [0.5, 0.6) is 0 Å². The summed E-state index contributed by atoms with van der Waals surface area (Å²) in [7, 11) is 5.63. The highest BCUT2D eigenvalue weighted by Crippen LogP contribution is 2.41. The van der Waals surface area contributed by atoms with E-state index in [-0.39, 0.29) is 30.9 Å². The van der Waals surface area contributed by atoms with Gasteiger partial charge < -0.3 is 59.0 Å². The molecule has 5 N–H and O–H groups in total. The van der Waals surface area contributed by atoms with Crippen molar-refractivity contribution in [3.8, 4) is 0 Å². The third-order valence-electron chi connectivity index (χ3n) is 12.0. The Morgan fingerprint density at radius 1 is 0.922 bits per heavy atom. The van der Waals surface area contributed by atoms with Crippen molar-refractivity contribution in [3.63, 3.8) is 0 Å². The highest BCUT2D eigenvalue weighted by atomic mass is 16.7. The summed E-state index contributed by atoms with van der Waals surface area (Å²) < 4.78 is 31.8. The number of hydrogen-bond donors (Lipinski definition) is 5. The summed E-state index contributed by atoms with van der Waals surface area (Å²) in [5.41, 5.74) is -3.87. The average molecular weight is 733 g/mol. The third-order valence-corrected chi connectivity index (χ3v) is 12.0. The van der Waals surface area contributed by atoms with Crippen molar-refractivity contribution in [3.05, 3.63) is 0 Å². The fourth-order valence-electron chi connectivity index (χ4n) is 8.77. The first kappa shape index (κ1) is 44.4. The Kier molecular flexibility index (Phi) is 15.0. The quantitative estimate of drug-likeness (QED) is 0.253. The van der Waals surface area contributed by atoms with Crippen LogP contribution in [0.2, 0.25) is 0 Å². The number of carbonyl (C=O) groups excluding carboxylic acids is 1. The highest BCUT2D eigenvalue weighted by molar-refractivity contribution is 5.73. The number of nitrogens with zero attached hydrogens (tertiary/aromatic N) is 2. The maximum absolute atomic E-state index is 14.2. The number of rotatable bonds is 6. The average Bonchev–Trinajstić information content (AvgIpc) is 3.02. The van der Waals surface area contributed by atoms with Crippen LogP contribution in [0.3, 0.4) is 0 Å². The molecule has 0 aromatic heterocycles. The molecule has 13 nitrogen and oxygen atoms in total. The van der Waals surface area contributed by atoms with E-state index in [1.165, 1.54) is 6.92 Å². The monoisotopic (exact) mass is 733 g/mol. The first-order chi connectivity index (χ1) is 23.3. The molecular weight excluding hydrogens is 660 g/mol. The summed E-state index contributed by atoms with van der Waals surface area (Å²) in [6.07, 6.45) is -7.32. The number of aliphatic hydroxyl groups excluding tert-OH is 3. The van der Waals surface area contributed by atoms with Crippen molar-refractivity contribution in [1.29, 1.82) is 0 Å². The molecule has 0 bridgehead atoms. The van der Waals surface area contributed by atoms with Crippen molar-refractivity contribution >= 4 is 5.97 Å². The zero-order valence-corrected chi connectivity index (χ0v) is 33.8. The molecule has 3 fully saturated rings. The van der Waals surface area contributed by atoms with Gasteiger partial charge in [0.1, 0.15) is 23.9 Å². The van der Waals surface area contributed by atoms with Crippen molar-refractivity contribution in [1.82, 2.24) is 9.80 Å². The molecule has 3 aliphatic heterocycles. The van der Waals surface area contributed by atoms with E-state index in [9.17, 15) is 30.3 Å². The summed E-state index contributed by atoms with van der Waals surface area (Å²) in [4.78, 5) is 18.0. The number of ether oxygens (including phenoxy) is 5. The second kappa shape index (κ2) is 17.2. The Morgan fingerprint density at radius 3 is 2.08 bits per heavy atom. The summed E-state index contributed by atoms with van der Waals surface area (Å²) in [5.74, 6) is -2.46. The SMILES string of the molecule is CC[C@H]1OC(=O)[C@H](C)[C@@H](OC2CC(C)(C)[C@@H](O)[C@H](C)O2)C(C)[C@@H](OC2O[C@H](C)C[C@H](N(C)C)[C@H]2O)[C@](C)(O)C[C@@H](C)CN(C)[C@H](C)[C@@H](O)[C@]1(C)O. The molecule has 0 aromatic rings. The first-order valence-electron chi connectivity index (χ1n) is 19.0. The largest absolute Gasteiger partial charge is 0.459 e. The van der Waals surface area contributed by atoms with E-state index in [0.29, 0.717) is 19.4 Å². The molecule has 0 aromatic carbocycles. The fourth-order valence-corrected chi connectivity index (χ4v) is 8.77. The Balaban J connectivity index is 2.16.